The normalized spacial score (nSPS) is 14.3. The molecule has 138 valence electrons. The Morgan fingerprint density at radius 2 is 2.11 bits per heavy atom. The van der Waals surface area contributed by atoms with Crippen molar-refractivity contribution in [2.45, 2.75) is 25.7 Å². The Kier molecular flexibility index (Phi) is 3.70. The van der Waals surface area contributed by atoms with Gasteiger partial charge in [0.25, 0.3) is 5.91 Å². The minimum absolute atomic E-state index is 0.122. The summed E-state index contributed by atoms with van der Waals surface area (Å²) in [5.74, 6) is -1.47. The zero-order valence-corrected chi connectivity index (χ0v) is 15.2. The highest BCUT2D eigenvalue weighted by molar-refractivity contribution is 7.14. The number of nitrogen functional groups attached to an aromatic ring is 1. The Bertz CT molecular complexity index is 1090. The third-order valence-electron chi connectivity index (χ3n) is 4.35. The van der Waals surface area contributed by atoms with E-state index in [9.17, 15) is 9.59 Å². The highest BCUT2D eigenvalue weighted by atomic mass is 32.1. The first kappa shape index (κ1) is 17.1. The number of hydrogen-bond acceptors (Lipinski definition) is 8. The quantitative estimate of drug-likeness (QED) is 0.530. The van der Waals surface area contributed by atoms with Crippen LogP contribution >= 0.6 is 11.3 Å². The van der Waals surface area contributed by atoms with Gasteiger partial charge >= 0.3 is 5.97 Å². The van der Waals surface area contributed by atoms with Crippen LogP contribution in [0, 0.1) is 0 Å². The number of aromatic carboxylic acids is 1. The average molecular weight is 385 g/mol. The molecule has 0 radical (unpaired) electrons. The molecule has 0 saturated heterocycles. The number of nitrogens with zero attached hydrogens (tertiary/aromatic N) is 4. The molecule has 5 N–H and O–H groups in total. The predicted octanol–water partition coefficient (Wildman–Crippen LogP) is 1.69. The van der Waals surface area contributed by atoms with Gasteiger partial charge in [-0.3, -0.25) is 15.2 Å². The Morgan fingerprint density at radius 1 is 1.33 bits per heavy atom. The molecule has 0 saturated carbocycles. The molecule has 0 spiro atoms. The van der Waals surface area contributed by atoms with Crippen LogP contribution in [0.25, 0.3) is 11.4 Å². The van der Waals surface area contributed by atoms with Crippen LogP contribution in [0.2, 0.25) is 0 Å². The smallest absolute Gasteiger partial charge is 0.355 e. The molecule has 3 heterocycles. The van der Waals surface area contributed by atoms with E-state index in [4.69, 9.17) is 10.8 Å². The van der Waals surface area contributed by atoms with Crippen molar-refractivity contribution >= 4 is 34.3 Å². The standard InChI is InChI=1S/C16H15N7O3S/c1-16(2)3-6-4-18-14(17)20-9(6)10-8(16)11(23-22-10)12(24)21-15-19-7(5-27-15)13(25)26/h4-5H,3H2,1-2H3,(H,22,23)(H,25,26)(H2,17,18,20)(H,19,21,24). The van der Waals surface area contributed by atoms with Crippen molar-refractivity contribution < 1.29 is 14.7 Å². The first-order valence-corrected chi connectivity index (χ1v) is 8.85. The largest absolute Gasteiger partial charge is 0.476 e. The van der Waals surface area contributed by atoms with Gasteiger partial charge in [0, 0.05) is 17.1 Å². The molecule has 0 aliphatic heterocycles. The molecule has 4 rings (SSSR count). The van der Waals surface area contributed by atoms with Crippen LogP contribution in [-0.2, 0) is 11.8 Å². The van der Waals surface area contributed by atoms with Gasteiger partial charge in [0.1, 0.15) is 11.4 Å². The molecule has 1 aliphatic rings. The number of carboxylic acids is 1. The van der Waals surface area contributed by atoms with Crippen molar-refractivity contribution in [1.29, 1.82) is 0 Å². The van der Waals surface area contributed by atoms with E-state index < -0.39 is 17.3 Å². The van der Waals surface area contributed by atoms with Crippen molar-refractivity contribution in [1.82, 2.24) is 25.1 Å². The summed E-state index contributed by atoms with van der Waals surface area (Å²) < 4.78 is 0. The lowest BCUT2D eigenvalue weighted by atomic mass is 9.73. The maximum absolute atomic E-state index is 12.8. The summed E-state index contributed by atoms with van der Waals surface area (Å²) in [6, 6.07) is 0. The van der Waals surface area contributed by atoms with Crippen molar-refractivity contribution in [2.24, 2.45) is 0 Å². The van der Waals surface area contributed by atoms with Crippen LogP contribution < -0.4 is 11.1 Å². The molecule has 3 aromatic rings. The van der Waals surface area contributed by atoms with Crippen LogP contribution in [0.3, 0.4) is 0 Å². The first-order chi connectivity index (χ1) is 12.8. The topological polar surface area (TPSA) is 160 Å². The molecule has 1 aliphatic carbocycles. The number of carbonyl (C=O) groups excluding carboxylic acids is 1. The average Bonchev–Trinajstić information content (AvgIpc) is 3.23. The lowest BCUT2D eigenvalue weighted by Gasteiger charge is -2.30. The Balaban J connectivity index is 1.73. The number of thiazole rings is 1. The van der Waals surface area contributed by atoms with Gasteiger partial charge in [-0.1, -0.05) is 13.8 Å². The van der Waals surface area contributed by atoms with E-state index in [0.29, 0.717) is 17.8 Å². The maximum Gasteiger partial charge on any atom is 0.355 e. The highest BCUT2D eigenvalue weighted by Crippen LogP contribution is 2.42. The third-order valence-corrected chi connectivity index (χ3v) is 5.11. The van der Waals surface area contributed by atoms with Gasteiger partial charge in [0.2, 0.25) is 5.95 Å². The van der Waals surface area contributed by atoms with Crippen LogP contribution in [-0.4, -0.2) is 42.1 Å². The van der Waals surface area contributed by atoms with Gasteiger partial charge in [0.05, 0.1) is 5.69 Å². The third kappa shape index (κ3) is 2.81. The lowest BCUT2D eigenvalue weighted by molar-refractivity contribution is 0.0691. The van der Waals surface area contributed by atoms with Gasteiger partial charge < -0.3 is 10.8 Å². The second-order valence-corrected chi connectivity index (χ2v) is 7.64. The summed E-state index contributed by atoms with van der Waals surface area (Å²) in [5, 5.41) is 20.2. The summed E-state index contributed by atoms with van der Waals surface area (Å²) in [5.41, 5.74) is 8.27. The number of carbonyl (C=O) groups is 2. The second-order valence-electron chi connectivity index (χ2n) is 6.78. The highest BCUT2D eigenvalue weighted by Gasteiger charge is 2.38. The Hall–Kier alpha value is -3.34. The minimum Gasteiger partial charge on any atom is -0.476 e. The molecule has 0 bridgehead atoms. The van der Waals surface area contributed by atoms with E-state index in [-0.39, 0.29) is 22.5 Å². The second kappa shape index (κ2) is 5.84. The number of aromatic amines is 1. The number of hydrogen-bond donors (Lipinski definition) is 4. The van der Waals surface area contributed by atoms with Gasteiger partial charge in [0.15, 0.2) is 10.8 Å². The maximum atomic E-state index is 12.8. The van der Waals surface area contributed by atoms with Crippen LogP contribution in [0.4, 0.5) is 11.1 Å². The van der Waals surface area contributed by atoms with E-state index in [2.05, 4.69) is 30.5 Å². The van der Waals surface area contributed by atoms with E-state index in [1.54, 1.807) is 6.20 Å². The van der Waals surface area contributed by atoms with Gasteiger partial charge in [-0.15, -0.1) is 11.3 Å². The molecule has 0 unspecified atom stereocenters. The predicted molar refractivity (Wildman–Crippen MR) is 97.8 cm³/mol. The zero-order chi connectivity index (χ0) is 19.3. The molecule has 0 aromatic carbocycles. The summed E-state index contributed by atoms with van der Waals surface area (Å²) in [6.07, 6.45) is 2.30. The number of amides is 1. The van der Waals surface area contributed by atoms with E-state index >= 15 is 0 Å². The number of fused-ring (bicyclic) bond motifs is 3. The molecule has 0 fully saturated rings. The molecule has 0 atom stereocenters. The number of H-pyrrole nitrogens is 1. The number of rotatable bonds is 3. The fourth-order valence-electron chi connectivity index (χ4n) is 3.24. The van der Waals surface area contributed by atoms with Crippen molar-refractivity contribution in [3.63, 3.8) is 0 Å². The SMILES string of the molecule is CC1(C)Cc2cnc(N)nc2-c2n[nH]c(C(=O)Nc3nc(C(=O)O)cs3)c21. The number of nitrogens with two attached hydrogens (primary N) is 1. The number of carboxylic acid groups (broad SMARTS) is 1. The number of anilines is 2. The number of aromatic nitrogens is 5. The van der Waals surface area contributed by atoms with Gasteiger partial charge in [-0.2, -0.15) is 5.10 Å². The molecule has 27 heavy (non-hydrogen) atoms. The van der Waals surface area contributed by atoms with Crippen LogP contribution in [0.1, 0.15) is 46.0 Å². The Morgan fingerprint density at radius 3 is 2.81 bits per heavy atom. The summed E-state index contributed by atoms with van der Waals surface area (Å²) in [4.78, 5) is 35.9. The monoisotopic (exact) mass is 385 g/mol. The van der Waals surface area contributed by atoms with E-state index in [1.165, 1.54) is 5.38 Å². The molecule has 10 nitrogen and oxygen atoms in total. The van der Waals surface area contributed by atoms with Gasteiger partial charge in [-0.05, 0) is 17.4 Å². The number of nitrogens with one attached hydrogen (secondary N) is 2. The van der Waals surface area contributed by atoms with Crippen molar-refractivity contribution in [3.8, 4) is 11.4 Å². The molecule has 3 aromatic heterocycles. The molecular weight excluding hydrogens is 370 g/mol. The van der Waals surface area contributed by atoms with Crippen molar-refractivity contribution in [3.05, 3.63) is 34.1 Å². The summed E-state index contributed by atoms with van der Waals surface area (Å²) in [7, 11) is 0. The molecule has 1 amide bonds. The molecule has 11 heteroatoms. The van der Waals surface area contributed by atoms with E-state index in [1.807, 2.05) is 13.8 Å². The summed E-state index contributed by atoms with van der Waals surface area (Å²) in [6.45, 7) is 4.01. The lowest BCUT2D eigenvalue weighted by Crippen LogP contribution is -2.29. The minimum atomic E-state index is -1.15. The fraction of sp³-hybridized carbons (Fsp3) is 0.250. The molecular formula is C16H15N7O3S. The fourth-order valence-corrected chi connectivity index (χ4v) is 3.92. The van der Waals surface area contributed by atoms with Crippen LogP contribution in [0.5, 0.6) is 0 Å². The summed E-state index contributed by atoms with van der Waals surface area (Å²) >= 11 is 1.04. The zero-order valence-electron chi connectivity index (χ0n) is 14.4. The van der Waals surface area contributed by atoms with Crippen LogP contribution in [0.15, 0.2) is 11.6 Å². The van der Waals surface area contributed by atoms with Gasteiger partial charge in [-0.25, -0.2) is 19.7 Å². The Labute approximate surface area is 156 Å². The van der Waals surface area contributed by atoms with E-state index in [0.717, 1.165) is 22.5 Å². The first-order valence-electron chi connectivity index (χ1n) is 7.97. The van der Waals surface area contributed by atoms with Crippen molar-refractivity contribution in [2.75, 3.05) is 11.1 Å².